The van der Waals surface area contributed by atoms with Crippen LogP contribution < -0.4 is 73.9 Å². The molecule has 2 heterocycles. The first-order chi connectivity index (χ1) is 28.3. The first kappa shape index (κ1) is 56.1. The van der Waals surface area contributed by atoms with E-state index in [1.54, 1.807) is 38.3 Å². The first-order valence-corrected chi connectivity index (χ1v) is 23.6. The monoisotopic (exact) mass is 944 g/mol. The van der Waals surface area contributed by atoms with Crippen molar-refractivity contribution in [2.45, 2.75) is 42.9 Å². The van der Waals surface area contributed by atoms with E-state index in [1.165, 1.54) is 24.5 Å². The number of methoxy groups -OCH3 is 1. The van der Waals surface area contributed by atoms with Crippen LogP contribution in [0.15, 0.2) is 75.9 Å². The van der Waals surface area contributed by atoms with Crippen molar-refractivity contribution in [3.8, 4) is 11.3 Å². The van der Waals surface area contributed by atoms with Crippen molar-refractivity contribution in [2.75, 3.05) is 89.4 Å². The van der Waals surface area contributed by atoms with Crippen LogP contribution in [0.2, 0.25) is 0 Å². The van der Waals surface area contributed by atoms with Gasteiger partial charge in [0.1, 0.15) is 29.0 Å². The van der Waals surface area contributed by atoms with E-state index in [2.05, 4.69) is 0 Å². The zero-order valence-electron chi connectivity index (χ0n) is 35.4. The molecule has 0 fully saturated rings. The van der Waals surface area contributed by atoms with Gasteiger partial charge >= 0.3 is 65.1 Å². The third-order valence-electron chi connectivity index (χ3n) is 9.73. The number of nitrogens with zero attached hydrogens (tertiary/aromatic N) is 2. The Morgan fingerprint density at radius 1 is 0.839 bits per heavy atom. The second-order valence-electron chi connectivity index (χ2n) is 14.0. The predicted octanol–water partition coefficient (Wildman–Crippen LogP) is -3.82. The zero-order chi connectivity index (χ0) is 44.0. The van der Waals surface area contributed by atoms with E-state index < -0.39 is 58.1 Å². The normalized spacial score (nSPS) is 16.7. The molecule has 0 radical (unpaired) electrons. The number of hydrogen-bond donors (Lipinski definition) is 1. The Labute approximate surface area is 407 Å². The molecule has 0 spiro atoms. The summed E-state index contributed by atoms with van der Waals surface area (Å²) in [6.07, 6.45) is 6.84. The van der Waals surface area contributed by atoms with E-state index in [1.807, 2.05) is 27.7 Å². The summed E-state index contributed by atoms with van der Waals surface area (Å²) in [5.74, 6) is -1.68. The van der Waals surface area contributed by atoms with Gasteiger partial charge in [-0.25, -0.2) is 29.8 Å². The van der Waals surface area contributed by atoms with Crippen molar-refractivity contribution in [3.05, 3.63) is 83.1 Å². The maximum absolute atomic E-state index is 12.1. The molecule has 62 heavy (non-hydrogen) atoms. The standard InChI is InChI=1S/C39H52N2O16S3.2Na/c1-39(14-4-26-58(44,45)46)34-29-32(60(50,51)52)9-11-35(34)41(17-21-56-25-24-54-18-13-38(42)43)37(39)7-3-6-30-12-19-57-36-28-31(8-10-33(30)36)40(15-5-27-59(47,48)49)16-20-55-23-22-53-2;;/h3,6-12,19,28-29H,4-5,13-18,20-27H2,1-2H3,(H3-,42,43,44,45,46,47,48,49,50,51,52);;/q;2*+1/p-2. The largest absolute Gasteiger partial charge is 1.00 e. The van der Waals surface area contributed by atoms with Crippen LogP contribution in [0.3, 0.4) is 0 Å². The number of rotatable bonds is 26. The van der Waals surface area contributed by atoms with Crippen molar-refractivity contribution in [3.63, 3.8) is 0 Å². The summed E-state index contributed by atoms with van der Waals surface area (Å²) < 4.78 is 135. The van der Waals surface area contributed by atoms with Crippen LogP contribution in [-0.4, -0.2) is 134 Å². The maximum Gasteiger partial charge on any atom is 1.00 e. The number of anilines is 1. The van der Waals surface area contributed by atoms with Gasteiger partial charge < -0.3 is 47.0 Å². The molecule has 0 saturated heterocycles. The molecule has 2 aliphatic heterocycles. The van der Waals surface area contributed by atoms with Gasteiger partial charge in [0, 0.05) is 60.0 Å². The number of benzene rings is 2. The molecule has 1 aliphatic carbocycles. The number of carboxylic acids is 1. The van der Waals surface area contributed by atoms with Gasteiger partial charge in [-0.05, 0) is 67.3 Å². The topological polar surface area (TPSA) is 265 Å². The number of carbonyl (C=O) groups is 1. The summed E-state index contributed by atoms with van der Waals surface area (Å²) in [6, 6.07) is 11.2. The summed E-state index contributed by atoms with van der Waals surface area (Å²) >= 11 is 0. The van der Waals surface area contributed by atoms with Crippen LogP contribution in [-0.2, 0) is 59.5 Å². The van der Waals surface area contributed by atoms with E-state index in [0.717, 1.165) is 5.56 Å². The smallest absolute Gasteiger partial charge is 0.748 e. The molecule has 1 atom stereocenters. The molecule has 4 rings (SSSR count). The molecule has 1 aromatic rings. The fourth-order valence-corrected chi connectivity index (χ4v) is 8.33. The second-order valence-corrected chi connectivity index (χ2v) is 18.5. The molecule has 1 unspecified atom stereocenters. The summed E-state index contributed by atoms with van der Waals surface area (Å²) in [5.41, 5.74) is 1.98. The van der Waals surface area contributed by atoms with Gasteiger partial charge in [0.05, 0.1) is 83.5 Å². The predicted molar refractivity (Wildman–Crippen MR) is 216 cm³/mol. The average Bonchev–Trinajstić information content (AvgIpc) is 3.39. The van der Waals surface area contributed by atoms with E-state index in [0.29, 0.717) is 60.0 Å². The number of carboxylic acid groups (broad SMARTS) is 1. The van der Waals surface area contributed by atoms with Crippen LogP contribution in [0.1, 0.15) is 43.7 Å². The van der Waals surface area contributed by atoms with Crippen LogP contribution in [0.5, 0.6) is 0 Å². The number of aliphatic carboxylic acids is 1. The molecule has 0 aromatic heterocycles. The molecule has 3 aliphatic rings. The third-order valence-corrected chi connectivity index (χ3v) is 12.1. The minimum absolute atomic E-state index is 0. The molecule has 1 N–H and O–H groups in total. The Morgan fingerprint density at radius 3 is 2.16 bits per heavy atom. The van der Waals surface area contributed by atoms with Gasteiger partial charge in [0.15, 0.2) is 6.54 Å². The van der Waals surface area contributed by atoms with E-state index in [9.17, 15) is 43.7 Å². The molecule has 0 saturated carbocycles. The molecule has 1 aromatic carbocycles. The van der Waals surface area contributed by atoms with Gasteiger partial charge in [-0.15, -0.1) is 0 Å². The number of fused-ring (bicyclic) bond motifs is 2. The molecule has 18 nitrogen and oxygen atoms in total. The fourth-order valence-electron chi connectivity index (χ4n) is 6.85. The number of ether oxygens (including phenoxy) is 4. The van der Waals surface area contributed by atoms with E-state index >= 15 is 0 Å². The van der Waals surface area contributed by atoms with Gasteiger partial charge in [-0.3, -0.25) is 4.79 Å². The first-order valence-electron chi connectivity index (χ1n) is 19.0. The van der Waals surface area contributed by atoms with Crippen molar-refractivity contribution in [1.29, 1.82) is 0 Å². The molecule has 332 valence electrons. The Balaban J connectivity index is 0.00000661. The van der Waals surface area contributed by atoms with Crippen molar-refractivity contribution >= 4 is 48.1 Å². The van der Waals surface area contributed by atoms with Gasteiger partial charge in [0.25, 0.3) is 0 Å². The Kier molecular flexibility index (Phi) is 23.7. The molecule has 23 heteroatoms. The van der Waals surface area contributed by atoms with E-state index in [-0.39, 0.29) is 124 Å². The Morgan fingerprint density at radius 2 is 1.50 bits per heavy atom. The summed E-state index contributed by atoms with van der Waals surface area (Å²) in [5, 5.41) is 9.51. The van der Waals surface area contributed by atoms with Crippen LogP contribution in [0, 0.1) is 0 Å². The van der Waals surface area contributed by atoms with Crippen LogP contribution in [0.4, 0.5) is 5.69 Å². The molecular weight excluding hydrogens is 895 g/mol. The maximum atomic E-state index is 12.1. The Bertz CT molecular complexity index is 2370. The van der Waals surface area contributed by atoms with Gasteiger partial charge in [-0.1, -0.05) is 12.2 Å². The minimum Gasteiger partial charge on any atom is -0.748 e. The quantitative estimate of drug-likeness (QED) is 0.0350. The van der Waals surface area contributed by atoms with Crippen molar-refractivity contribution < 1.29 is 131 Å². The van der Waals surface area contributed by atoms with Crippen molar-refractivity contribution in [2.24, 2.45) is 0 Å². The fraction of sp³-hybridized carbons (Fsp3) is 0.487. The number of hydrogen-bond acceptors (Lipinski definition) is 16. The Hall–Kier alpha value is -2.03. The summed E-state index contributed by atoms with van der Waals surface area (Å²) in [4.78, 5) is 12.2. The SMILES string of the molecule is COCCOCC[N+](CCCS(=O)(=O)[O-])=c1ccc2c(/C=C/C=C3/N(CCOCCOCCC(=O)O)c4ccc(S(=O)(=O)[O-])cc4C3(C)CCCS(=O)(=O)[O-])ccoc-2c1.[Na+].[Na+]. The minimum atomic E-state index is -4.87. The van der Waals surface area contributed by atoms with Gasteiger partial charge in [-0.2, -0.15) is 0 Å². The molecule has 0 amide bonds. The van der Waals surface area contributed by atoms with Crippen LogP contribution >= 0.6 is 0 Å². The molecular formula is C39H50N2Na2O16S3. The average molecular weight is 945 g/mol. The van der Waals surface area contributed by atoms with Crippen LogP contribution in [0.25, 0.3) is 17.4 Å². The summed E-state index contributed by atoms with van der Waals surface area (Å²) in [6.45, 7) is 4.22. The number of allylic oxidation sites excluding steroid dienone is 3. The summed E-state index contributed by atoms with van der Waals surface area (Å²) in [7, 11) is -12.3. The zero-order valence-corrected chi connectivity index (χ0v) is 41.8. The molecule has 0 bridgehead atoms. The van der Waals surface area contributed by atoms with Crippen molar-refractivity contribution in [1.82, 2.24) is 4.58 Å². The van der Waals surface area contributed by atoms with Gasteiger partial charge in [0.2, 0.25) is 5.36 Å². The third kappa shape index (κ3) is 17.7. The van der Waals surface area contributed by atoms with E-state index in [4.69, 9.17) is 28.5 Å². The second kappa shape index (κ2) is 26.2.